The van der Waals surface area contributed by atoms with E-state index >= 15 is 0 Å². The van der Waals surface area contributed by atoms with Crippen LogP contribution in [0, 0.1) is 0 Å². The SMILES string of the molecule is Clc1ccc(-c2cccc(CN3CC=C(c4ccccc4)CC3)n2)cc1. The molecular weight excluding hydrogens is 340 g/mol. The molecule has 0 atom stereocenters. The quantitative estimate of drug-likeness (QED) is 0.594. The smallest absolute Gasteiger partial charge is 0.0705 e. The molecule has 2 heterocycles. The lowest BCUT2D eigenvalue weighted by Gasteiger charge is -2.26. The third-order valence-corrected chi connectivity index (χ3v) is 5.02. The van der Waals surface area contributed by atoms with Gasteiger partial charge in [-0.3, -0.25) is 9.88 Å². The number of aromatic nitrogens is 1. The lowest BCUT2D eigenvalue weighted by molar-refractivity contribution is 0.290. The highest BCUT2D eigenvalue weighted by atomic mass is 35.5. The summed E-state index contributed by atoms with van der Waals surface area (Å²) < 4.78 is 0. The molecule has 0 saturated carbocycles. The van der Waals surface area contributed by atoms with Crippen molar-refractivity contribution in [2.45, 2.75) is 13.0 Å². The molecule has 1 aromatic heterocycles. The molecule has 0 unspecified atom stereocenters. The standard InChI is InChI=1S/C23H21ClN2/c24-21-11-9-20(10-12-21)23-8-4-7-22(25-23)17-26-15-13-19(14-16-26)18-5-2-1-3-6-18/h1-13H,14-17H2. The molecule has 0 spiro atoms. The minimum Gasteiger partial charge on any atom is -0.294 e. The van der Waals surface area contributed by atoms with Crippen molar-refractivity contribution < 1.29 is 0 Å². The first-order valence-corrected chi connectivity index (χ1v) is 9.34. The molecule has 1 aliphatic rings. The molecule has 3 aromatic rings. The van der Waals surface area contributed by atoms with Gasteiger partial charge in [0.05, 0.1) is 11.4 Å². The lowest BCUT2D eigenvalue weighted by atomic mass is 9.99. The average molecular weight is 361 g/mol. The second kappa shape index (κ2) is 7.86. The summed E-state index contributed by atoms with van der Waals surface area (Å²) in [5.41, 5.74) is 5.99. The number of rotatable bonds is 4. The summed E-state index contributed by atoms with van der Waals surface area (Å²) in [5.74, 6) is 0. The predicted octanol–water partition coefficient (Wildman–Crippen LogP) is 5.69. The highest BCUT2D eigenvalue weighted by Gasteiger charge is 2.14. The van der Waals surface area contributed by atoms with Crippen molar-refractivity contribution in [3.05, 3.63) is 95.2 Å². The Morgan fingerprint density at radius 1 is 0.846 bits per heavy atom. The van der Waals surface area contributed by atoms with E-state index in [0.717, 1.165) is 48.0 Å². The summed E-state index contributed by atoms with van der Waals surface area (Å²) in [6.45, 7) is 2.91. The molecule has 3 heteroatoms. The van der Waals surface area contributed by atoms with Crippen LogP contribution in [-0.2, 0) is 6.54 Å². The van der Waals surface area contributed by atoms with Crippen LogP contribution in [0.1, 0.15) is 17.7 Å². The van der Waals surface area contributed by atoms with Gasteiger partial charge in [0.25, 0.3) is 0 Å². The normalized spacial score (nSPS) is 14.9. The van der Waals surface area contributed by atoms with E-state index in [1.807, 2.05) is 24.3 Å². The van der Waals surface area contributed by atoms with E-state index in [0.29, 0.717) is 0 Å². The van der Waals surface area contributed by atoms with Gasteiger partial charge in [0, 0.05) is 30.2 Å². The highest BCUT2D eigenvalue weighted by Crippen LogP contribution is 2.24. The van der Waals surface area contributed by atoms with Crippen LogP contribution in [0.2, 0.25) is 5.02 Å². The molecule has 0 bridgehead atoms. The minimum absolute atomic E-state index is 0.749. The van der Waals surface area contributed by atoms with E-state index in [4.69, 9.17) is 16.6 Å². The van der Waals surface area contributed by atoms with Crippen LogP contribution in [0.5, 0.6) is 0 Å². The number of hydrogen-bond donors (Lipinski definition) is 0. The van der Waals surface area contributed by atoms with Crippen LogP contribution in [0.15, 0.2) is 78.9 Å². The van der Waals surface area contributed by atoms with Crippen LogP contribution in [-0.4, -0.2) is 23.0 Å². The van der Waals surface area contributed by atoms with Crippen LogP contribution in [0.25, 0.3) is 16.8 Å². The minimum atomic E-state index is 0.749. The molecule has 0 fully saturated rings. The number of hydrogen-bond acceptors (Lipinski definition) is 2. The molecule has 2 nitrogen and oxygen atoms in total. The molecule has 0 N–H and O–H groups in total. The van der Waals surface area contributed by atoms with Gasteiger partial charge in [-0.2, -0.15) is 0 Å². The van der Waals surface area contributed by atoms with Gasteiger partial charge in [0.15, 0.2) is 0 Å². The van der Waals surface area contributed by atoms with Gasteiger partial charge in [-0.15, -0.1) is 0 Å². The fraction of sp³-hybridized carbons (Fsp3) is 0.174. The molecular formula is C23H21ClN2. The van der Waals surface area contributed by atoms with E-state index in [1.165, 1.54) is 11.1 Å². The van der Waals surface area contributed by atoms with Gasteiger partial charge < -0.3 is 0 Å². The Bertz CT molecular complexity index is 901. The summed E-state index contributed by atoms with van der Waals surface area (Å²) in [5, 5.41) is 0.749. The number of benzene rings is 2. The monoisotopic (exact) mass is 360 g/mol. The third kappa shape index (κ3) is 4.04. The highest BCUT2D eigenvalue weighted by molar-refractivity contribution is 6.30. The lowest BCUT2D eigenvalue weighted by Crippen LogP contribution is -2.28. The summed E-state index contributed by atoms with van der Waals surface area (Å²) in [7, 11) is 0. The zero-order valence-corrected chi connectivity index (χ0v) is 15.4. The molecule has 0 radical (unpaired) electrons. The van der Waals surface area contributed by atoms with Gasteiger partial charge in [0.1, 0.15) is 0 Å². The Hall–Kier alpha value is -2.42. The summed E-state index contributed by atoms with van der Waals surface area (Å²) >= 11 is 5.98. The van der Waals surface area contributed by atoms with E-state index in [1.54, 1.807) is 0 Å². The Kier molecular flexibility index (Phi) is 5.14. The van der Waals surface area contributed by atoms with Crippen LogP contribution < -0.4 is 0 Å². The van der Waals surface area contributed by atoms with Crippen molar-refractivity contribution in [1.82, 2.24) is 9.88 Å². The van der Waals surface area contributed by atoms with Crippen molar-refractivity contribution in [2.75, 3.05) is 13.1 Å². The first-order valence-electron chi connectivity index (χ1n) is 8.96. The fourth-order valence-corrected chi connectivity index (χ4v) is 3.47. The molecule has 26 heavy (non-hydrogen) atoms. The van der Waals surface area contributed by atoms with Crippen LogP contribution >= 0.6 is 11.6 Å². The van der Waals surface area contributed by atoms with Crippen molar-refractivity contribution in [3.8, 4) is 11.3 Å². The van der Waals surface area contributed by atoms with E-state index in [9.17, 15) is 0 Å². The number of pyridine rings is 1. The molecule has 1 aliphatic heterocycles. The van der Waals surface area contributed by atoms with E-state index in [2.05, 4.69) is 59.5 Å². The van der Waals surface area contributed by atoms with Gasteiger partial charge >= 0.3 is 0 Å². The third-order valence-electron chi connectivity index (χ3n) is 4.77. The van der Waals surface area contributed by atoms with E-state index in [-0.39, 0.29) is 0 Å². The Morgan fingerprint density at radius 2 is 1.65 bits per heavy atom. The zero-order chi connectivity index (χ0) is 17.8. The Morgan fingerprint density at radius 3 is 2.38 bits per heavy atom. The maximum atomic E-state index is 5.98. The first-order chi connectivity index (χ1) is 12.8. The topological polar surface area (TPSA) is 16.1 Å². The molecule has 4 rings (SSSR count). The molecule has 0 amide bonds. The largest absolute Gasteiger partial charge is 0.294 e. The fourth-order valence-electron chi connectivity index (χ4n) is 3.35. The van der Waals surface area contributed by atoms with Crippen LogP contribution in [0.3, 0.4) is 0 Å². The maximum Gasteiger partial charge on any atom is 0.0705 e. The van der Waals surface area contributed by atoms with Gasteiger partial charge in [-0.25, -0.2) is 0 Å². The summed E-state index contributed by atoms with van der Waals surface area (Å²) in [4.78, 5) is 7.28. The zero-order valence-electron chi connectivity index (χ0n) is 14.6. The molecule has 0 saturated heterocycles. The molecule has 2 aromatic carbocycles. The Balaban J connectivity index is 1.45. The van der Waals surface area contributed by atoms with Gasteiger partial charge in [-0.1, -0.05) is 66.2 Å². The molecule has 0 aliphatic carbocycles. The maximum absolute atomic E-state index is 5.98. The first kappa shape index (κ1) is 17.0. The van der Waals surface area contributed by atoms with Crippen molar-refractivity contribution >= 4 is 17.2 Å². The van der Waals surface area contributed by atoms with Crippen molar-refractivity contribution in [2.24, 2.45) is 0 Å². The summed E-state index contributed by atoms with van der Waals surface area (Å²) in [6, 6.07) is 24.8. The predicted molar refractivity (Wildman–Crippen MR) is 109 cm³/mol. The number of halogens is 1. The number of nitrogens with zero attached hydrogens (tertiary/aromatic N) is 2. The second-order valence-electron chi connectivity index (χ2n) is 6.60. The second-order valence-corrected chi connectivity index (χ2v) is 7.04. The van der Waals surface area contributed by atoms with E-state index < -0.39 is 0 Å². The van der Waals surface area contributed by atoms with Crippen molar-refractivity contribution in [3.63, 3.8) is 0 Å². The average Bonchev–Trinajstić information content (AvgIpc) is 2.70. The van der Waals surface area contributed by atoms with Gasteiger partial charge in [-0.05, 0) is 41.8 Å². The van der Waals surface area contributed by atoms with Crippen LogP contribution in [0.4, 0.5) is 0 Å². The van der Waals surface area contributed by atoms with Crippen molar-refractivity contribution in [1.29, 1.82) is 0 Å². The molecule has 130 valence electrons. The summed E-state index contributed by atoms with van der Waals surface area (Å²) in [6.07, 6.45) is 3.43. The Labute approximate surface area is 159 Å². The van der Waals surface area contributed by atoms with Gasteiger partial charge in [0.2, 0.25) is 0 Å².